The molecule has 23 heavy (non-hydrogen) atoms. The Labute approximate surface area is 137 Å². The highest BCUT2D eigenvalue weighted by molar-refractivity contribution is 6.40. The summed E-state index contributed by atoms with van der Waals surface area (Å²) >= 11 is 6.38. The highest BCUT2D eigenvalue weighted by atomic mass is 35.5. The molecule has 0 atom stereocenters. The average molecular weight is 332 g/mol. The average Bonchev–Trinajstić information content (AvgIpc) is 3.05. The van der Waals surface area contributed by atoms with Crippen molar-refractivity contribution in [2.24, 2.45) is 0 Å². The fourth-order valence-corrected chi connectivity index (χ4v) is 3.71. The Morgan fingerprint density at radius 1 is 1.09 bits per heavy atom. The number of nitrogens with zero attached hydrogens (tertiary/aromatic N) is 2. The molecule has 2 aromatic rings. The summed E-state index contributed by atoms with van der Waals surface area (Å²) in [5.41, 5.74) is 7.50. The quantitative estimate of drug-likeness (QED) is 0.476. The summed E-state index contributed by atoms with van der Waals surface area (Å²) in [4.78, 5) is 26.7. The summed E-state index contributed by atoms with van der Waals surface area (Å²) in [6, 6.07) is 4.83. The molecule has 0 radical (unpaired) electrons. The van der Waals surface area contributed by atoms with Crippen LogP contribution in [0.15, 0.2) is 18.2 Å². The number of nitrogens with two attached hydrogens (primary N) is 1. The summed E-state index contributed by atoms with van der Waals surface area (Å²) in [5, 5.41) is 11.4. The second-order valence-corrected chi connectivity index (χ2v) is 6.23. The van der Waals surface area contributed by atoms with Crippen molar-refractivity contribution in [1.29, 1.82) is 0 Å². The number of imide groups is 1. The van der Waals surface area contributed by atoms with Crippen LogP contribution in [0.4, 0.5) is 11.4 Å². The van der Waals surface area contributed by atoms with Crippen molar-refractivity contribution in [1.82, 2.24) is 5.06 Å². The van der Waals surface area contributed by atoms with Gasteiger partial charge in [-0.15, -0.1) is 5.06 Å². The molecule has 7 heteroatoms. The van der Waals surface area contributed by atoms with E-state index in [1.165, 1.54) is 6.07 Å². The number of nitrogen functional groups attached to an aromatic ring is 1. The molecule has 0 aliphatic carbocycles. The van der Waals surface area contributed by atoms with E-state index in [0.717, 1.165) is 31.6 Å². The van der Waals surface area contributed by atoms with Crippen molar-refractivity contribution in [2.45, 2.75) is 12.8 Å². The van der Waals surface area contributed by atoms with E-state index < -0.39 is 11.8 Å². The van der Waals surface area contributed by atoms with Gasteiger partial charge in [-0.3, -0.25) is 14.8 Å². The lowest BCUT2D eigenvalue weighted by Gasteiger charge is -2.27. The lowest BCUT2D eigenvalue weighted by Crippen LogP contribution is -2.38. The first kappa shape index (κ1) is 14.3. The van der Waals surface area contributed by atoms with Gasteiger partial charge in [-0.1, -0.05) is 11.6 Å². The Morgan fingerprint density at radius 2 is 1.78 bits per heavy atom. The van der Waals surface area contributed by atoms with Crippen LogP contribution >= 0.6 is 11.6 Å². The molecular formula is C16H14ClN3O3. The van der Waals surface area contributed by atoms with Gasteiger partial charge in [0.1, 0.15) is 0 Å². The molecule has 0 unspecified atom stereocenters. The molecule has 3 N–H and O–H groups in total. The van der Waals surface area contributed by atoms with Gasteiger partial charge in [0, 0.05) is 35.2 Å². The van der Waals surface area contributed by atoms with Crippen LogP contribution in [0.25, 0.3) is 10.8 Å². The van der Waals surface area contributed by atoms with E-state index in [9.17, 15) is 14.8 Å². The number of amides is 2. The van der Waals surface area contributed by atoms with E-state index in [2.05, 4.69) is 4.90 Å². The Bertz CT molecular complexity index is 875. The van der Waals surface area contributed by atoms with Crippen molar-refractivity contribution >= 4 is 45.6 Å². The first-order valence-electron chi connectivity index (χ1n) is 7.38. The van der Waals surface area contributed by atoms with Crippen LogP contribution in [-0.4, -0.2) is 35.2 Å². The number of hydrogen-bond donors (Lipinski definition) is 2. The van der Waals surface area contributed by atoms with Gasteiger partial charge in [0.05, 0.1) is 16.1 Å². The Morgan fingerprint density at radius 3 is 2.48 bits per heavy atom. The van der Waals surface area contributed by atoms with E-state index in [4.69, 9.17) is 17.3 Å². The van der Waals surface area contributed by atoms with E-state index in [1.807, 2.05) is 0 Å². The number of carbonyl (C=O) groups is 2. The SMILES string of the molecule is Nc1cc(N2CCCC2)c2c(Cl)ccc3c2c1C(=O)N(O)C3=O. The van der Waals surface area contributed by atoms with E-state index in [-0.39, 0.29) is 21.9 Å². The highest BCUT2D eigenvalue weighted by Gasteiger charge is 2.36. The number of carbonyl (C=O) groups excluding carboxylic acids is 2. The number of hydrogen-bond acceptors (Lipinski definition) is 5. The zero-order valence-corrected chi connectivity index (χ0v) is 12.9. The molecule has 2 amide bonds. The van der Waals surface area contributed by atoms with Crippen LogP contribution < -0.4 is 10.6 Å². The molecule has 1 fully saturated rings. The molecular weight excluding hydrogens is 318 g/mol. The van der Waals surface area contributed by atoms with Gasteiger partial charge in [0.2, 0.25) is 0 Å². The van der Waals surface area contributed by atoms with Gasteiger partial charge < -0.3 is 10.6 Å². The van der Waals surface area contributed by atoms with Gasteiger partial charge in [-0.05, 0) is 31.0 Å². The molecule has 6 nitrogen and oxygen atoms in total. The third kappa shape index (κ3) is 1.85. The number of rotatable bonds is 1. The Balaban J connectivity index is 2.15. The fourth-order valence-electron chi connectivity index (χ4n) is 3.45. The van der Waals surface area contributed by atoms with Crippen molar-refractivity contribution in [3.63, 3.8) is 0 Å². The molecule has 0 bridgehead atoms. The summed E-state index contributed by atoms with van der Waals surface area (Å²) in [6.45, 7) is 1.75. The number of anilines is 2. The summed E-state index contributed by atoms with van der Waals surface area (Å²) in [5.74, 6) is -1.58. The van der Waals surface area contributed by atoms with Gasteiger partial charge in [0.15, 0.2) is 0 Å². The first-order valence-corrected chi connectivity index (χ1v) is 7.76. The first-order chi connectivity index (χ1) is 11.0. The molecule has 0 spiro atoms. The number of benzene rings is 2. The third-order valence-electron chi connectivity index (χ3n) is 4.52. The standard InChI is InChI=1S/C16H14ClN3O3/c17-9-4-3-8-12-13(9)11(19-5-1-2-6-19)7-10(18)14(12)16(22)20(23)15(8)21/h3-4,7,23H,1-2,5-6,18H2. The predicted molar refractivity (Wildman–Crippen MR) is 87.1 cm³/mol. The predicted octanol–water partition coefficient (Wildman–Crippen LogP) is 2.66. The van der Waals surface area contributed by atoms with Crippen molar-refractivity contribution < 1.29 is 14.8 Å². The molecule has 2 aliphatic heterocycles. The van der Waals surface area contributed by atoms with Crippen molar-refractivity contribution in [3.8, 4) is 0 Å². The summed E-state index contributed by atoms with van der Waals surface area (Å²) in [7, 11) is 0. The number of halogens is 1. The van der Waals surface area contributed by atoms with E-state index >= 15 is 0 Å². The largest absolute Gasteiger partial charge is 0.398 e. The fraction of sp³-hybridized carbons (Fsp3) is 0.250. The molecule has 2 heterocycles. The van der Waals surface area contributed by atoms with Crippen LogP contribution in [-0.2, 0) is 0 Å². The molecule has 0 saturated carbocycles. The zero-order chi connectivity index (χ0) is 16.3. The molecule has 2 aromatic carbocycles. The number of hydroxylamine groups is 2. The minimum Gasteiger partial charge on any atom is -0.398 e. The minimum absolute atomic E-state index is 0.108. The van der Waals surface area contributed by atoms with E-state index in [1.54, 1.807) is 12.1 Å². The molecule has 1 saturated heterocycles. The van der Waals surface area contributed by atoms with Crippen LogP contribution in [0, 0.1) is 0 Å². The molecule has 118 valence electrons. The lowest BCUT2D eigenvalue weighted by molar-refractivity contribution is -0.0376. The summed E-state index contributed by atoms with van der Waals surface area (Å²) < 4.78 is 0. The third-order valence-corrected chi connectivity index (χ3v) is 4.83. The molecule has 0 aromatic heterocycles. The normalized spacial score (nSPS) is 17.5. The summed E-state index contributed by atoms with van der Waals surface area (Å²) in [6.07, 6.45) is 2.14. The van der Waals surface area contributed by atoms with Gasteiger partial charge in [0.25, 0.3) is 11.8 Å². The Kier molecular flexibility index (Phi) is 3.01. The van der Waals surface area contributed by atoms with Gasteiger partial charge >= 0.3 is 0 Å². The molecule has 2 aliphatic rings. The minimum atomic E-state index is -0.819. The lowest BCUT2D eigenvalue weighted by atomic mass is 9.92. The van der Waals surface area contributed by atoms with Crippen LogP contribution in [0.1, 0.15) is 33.6 Å². The maximum atomic E-state index is 12.3. The maximum Gasteiger partial charge on any atom is 0.287 e. The maximum absolute atomic E-state index is 12.3. The van der Waals surface area contributed by atoms with Gasteiger partial charge in [-0.25, -0.2) is 0 Å². The van der Waals surface area contributed by atoms with Crippen molar-refractivity contribution in [2.75, 3.05) is 23.7 Å². The topological polar surface area (TPSA) is 86.9 Å². The monoisotopic (exact) mass is 331 g/mol. The Hall–Kier alpha value is -2.31. The van der Waals surface area contributed by atoms with Gasteiger partial charge in [-0.2, -0.15) is 0 Å². The van der Waals surface area contributed by atoms with Crippen LogP contribution in [0.3, 0.4) is 0 Å². The second-order valence-electron chi connectivity index (χ2n) is 5.82. The van der Waals surface area contributed by atoms with Crippen LogP contribution in [0.5, 0.6) is 0 Å². The second kappa shape index (κ2) is 4.84. The van der Waals surface area contributed by atoms with Crippen LogP contribution in [0.2, 0.25) is 5.02 Å². The smallest absolute Gasteiger partial charge is 0.287 e. The highest BCUT2D eigenvalue weighted by Crippen LogP contribution is 2.43. The van der Waals surface area contributed by atoms with Crippen molar-refractivity contribution in [3.05, 3.63) is 34.3 Å². The molecule has 4 rings (SSSR count). The van der Waals surface area contributed by atoms with E-state index in [0.29, 0.717) is 15.8 Å². The zero-order valence-electron chi connectivity index (χ0n) is 12.2.